The van der Waals surface area contributed by atoms with Crippen LogP contribution in [0.1, 0.15) is 18.4 Å². The van der Waals surface area contributed by atoms with Crippen LogP contribution in [0.4, 0.5) is 0 Å². The lowest BCUT2D eigenvalue weighted by atomic mass is 10.1. The van der Waals surface area contributed by atoms with Crippen LogP contribution < -0.4 is 5.43 Å². The predicted molar refractivity (Wildman–Crippen MR) is 50.2 cm³/mol. The normalized spacial score (nSPS) is 16.5. The Kier molecular flexibility index (Phi) is 2.08. The van der Waals surface area contributed by atoms with Crippen molar-refractivity contribution >= 4 is 5.71 Å². The minimum Gasteiger partial charge on any atom is -0.310 e. The quantitative estimate of drug-likeness (QED) is 0.665. The molecule has 0 aliphatic carbocycles. The van der Waals surface area contributed by atoms with E-state index in [0.29, 0.717) is 0 Å². The van der Waals surface area contributed by atoms with E-state index < -0.39 is 0 Å². The van der Waals surface area contributed by atoms with Crippen LogP contribution in [-0.4, -0.2) is 12.3 Å². The molecule has 1 aromatic carbocycles. The second kappa shape index (κ2) is 3.39. The molecule has 0 atom stereocenters. The average molecular weight is 160 g/mol. The highest BCUT2D eigenvalue weighted by Crippen LogP contribution is 2.08. The van der Waals surface area contributed by atoms with E-state index >= 15 is 0 Å². The molecule has 0 saturated heterocycles. The van der Waals surface area contributed by atoms with Crippen molar-refractivity contribution in [1.82, 2.24) is 5.43 Å². The molecule has 0 unspecified atom stereocenters. The molecule has 2 heteroatoms. The Morgan fingerprint density at radius 3 is 2.67 bits per heavy atom. The highest BCUT2D eigenvalue weighted by molar-refractivity contribution is 6.00. The second-order valence-corrected chi connectivity index (χ2v) is 2.94. The van der Waals surface area contributed by atoms with Gasteiger partial charge in [0.05, 0.1) is 5.71 Å². The van der Waals surface area contributed by atoms with Gasteiger partial charge in [-0.1, -0.05) is 30.3 Å². The number of hydrazone groups is 1. The van der Waals surface area contributed by atoms with Gasteiger partial charge in [-0.05, 0) is 18.4 Å². The van der Waals surface area contributed by atoms with Crippen molar-refractivity contribution in [3.8, 4) is 0 Å². The lowest BCUT2D eigenvalue weighted by Crippen LogP contribution is -2.19. The monoisotopic (exact) mass is 160 g/mol. The van der Waals surface area contributed by atoms with Gasteiger partial charge in [0.2, 0.25) is 0 Å². The Morgan fingerprint density at radius 2 is 2.00 bits per heavy atom. The molecule has 2 nitrogen and oxygen atoms in total. The van der Waals surface area contributed by atoms with Gasteiger partial charge >= 0.3 is 0 Å². The molecule has 0 fully saturated rings. The van der Waals surface area contributed by atoms with Crippen molar-refractivity contribution in [2.45, 2.75) is 12.8 Å². The zero-order valence-electron chi connectivity index (χ0n) is 6.96. The van der Waals surface area contributed by atoms with Crippen LogP contribution in [0.5, 0.6) is 0 Å². The maximum absolute atomic E-state index is 4.27. The van der Waals surface area contributed by atoms with E-state index in [1.165, 1.54) is 17.7 Å². The van der Waals surface area contributed by atoms with Crippen LogP contribution in [-0.2, 0) is 0 Å². The highest BCUT2D eigenvalue weighted by atomic mass is 15.3. The number of rotatable bonds is 1. The van der Waals surface area contributed by atoms with Crippen molar-refractivity contribution in [2.24, 2.45) is 5.10 Å². The molecule has 0 amide bonds. The first-order valence-corrected chi connectivity index (χ1v) is 4.32. The molecule has 0 aromatic heterocycles. The van der Waals surface area contributed by atoms with Gasteiger partial charge in [-0.25, -0.2) is 0 Å². The SMILES string of the molecule is c1ccc(C2=NNCCC2)cc1. The maximum atomic E-state index is 4.27. The molecule has 2 rings (SSSR count). The third-order valence-electron chi connectivity index (χ3n) is 2.02. The van der Waals surface area contributed by atoms with Gasteiger partial charge < -0.3 is 5.43 Å². The predicted octanol–water partition coefficient (Wildman–Crippen LogP) is 1.77. The number of hydrogen-bond acceptors (Lipinski definition) is 2. The average Bonchev–Trinajstić information content (AvgIpc) is 2.21. The summed E-state index contributed by atoms with van der Waals surface area (Å²) in [5.41, 5.74) is 5.44. The third-order valence-corrected chi connectivity index (χ3v) is 2.02. The van der Waals surface area contributed by atoms with Crippen LogP contribution in [0.25, 0.3) is 0 Å². The lowest BCUT2D eigenvalue weighted by molar-refractivity contribution is 0.662. The molecular formula is C10H12N2. The number of benzene rings is 1. The molecule has 0 saturated carbocycles. The molecular weight excluding hydrogens is 148 g/mol. The smallest absolute Gasteiger partial charge is 0.0675 e. The Balaban J connectivity index is 2.24. The Labute approximate surface area is 72.3 Å². The molecule has 12 heavy (non-hydrogen) atoms. The highest BCUT2D eigenvalue weighted by Gasteiger charge is 2.05. The standard InChI is InChI=1S/C10H12N2/c1-2-5-9(6-3-1)10-7-4-8-11-12-10/h1-3,5-6,11H,4,7-8H2. The fraction of sp³-hybridized carbons (Fsp3) is 0.300. The van der Waals surface area contributed by atoms with E-state index in [-0.39, 0.29) is 0 Å². The van der Waals surface area contributed by atoms with Crippen LogP contribution in [0, 0.1) is 0 Å². The van der Waals surface area contributed by atoms with Gasteiger partial charge in [0.15, 0.2) is 0 Å². The second-order valence-electron chi connectivity index (χ2n) is 2.94. The maximum Gasteiger partial charge on any atom is 0.0675 e. The summed E-state index contributed by atoms with van der Waals surface area (Å²) in [6, 6.07) is 10.3. The molecule has 62 valence electrons. The zero-order chi connectivity index (χ0) is 8.23. The van der Waals surface area contributed by atoms with Gasteiger partial charge in [0.1, 0.15) is 0 Å². The van der Waals surface area contributed by atoms with E-state index in [2.05, 4.69) is 22.7 Å². The van der Waals surface area contributed by atoms with Crippen molar-refractivity contribution in [2.75, 3.05) is 6.54 Å². The summed E-state index contributed by atoms with van der Waals surface area (Å²) in [5, 5.41) is 4.27. The van der Waals surface area contributed by atoms with Gasteiger partial charge in [0, 0.05) is 6.54 Å². The van der Waals surface area contributed by atoms with E-state index in [1.807, 2.05) is 18.2 Å². The third kappa shape index (κ3) is 1.47. The van der Waals surface area contributed by atoms with Crippen LogP contribution in [0.15, 0.2) is 35.4 Å². The van der Waals surface area contributed by atoms with Gasteiger partial charge in [0.25, 0.3) is 0 Å². The lowest BCUT2D eigenvalue weighted by Gasteiger charge is -2.12. The summed E-state index contributed by atoms with van der Waals surface area (Å²) >= 11 is 0. The summed E-state index contributed by atoms with van der Waals surface area (Å²) in [6.45, 7) is 1.01. The largest absolute Gasteiger partial charge is 0.310 e. The first-order chi connectivity index (χ1) is 5.97. The Hall–Kier alpha value is -1.31. The van der Waals surface area contributed by atoms with Crippen LogP contribution in [0.3, 0.4) is 0 Å². The van der Waals surface area contributed by atoms with E-state index in [9.17, 15) is 0 Å². The Bertz CT molecular complexity index is 277. The summed E-state index contributed by atoms with van der Waals surface area (Å²) in [4.78, 5) is 0. The minimum atomic E-state index is 1.01. The first kappa shape index (κ1) is 7.35. The van der Waals surface area contributed by atoms with Crippen molar-refractivity contribution in [3.63, 3.8) is 0 Å². The van der Waals surface area contributed by atoms with Crippen molar-refractivity contribution in [3.05, 3.63) is 35.9 Å². The number of nitrogens with zero attached hydrogens (tertiary/aromatic N) is 1. The molecule has 1 N–H and O–H groups in total. The minimum absolute atomic E-state index is 1.01. The van der Waals surface area contributed by atoms with Gasteiger partial charge in [-0.3, -0.25) is 0 Å². The molecule has 1 aliphatic heterocycles. The zero-order valence-corrected chi connectivity index (χ0v) is 6.96. The van der Waals surface area contributed by atoms with E-state index in [1.54, 1.807) is 0 Å². The summed E-state index contributed by atoms with van der Waals surface area (Å²) < 4.78 is 0. The molecule has 1 aromatic rings. The molecule has 1 heterocycles. The van der Waals surface area contributed by atoms with Gasteiger partial charge in [-0.2, -0.15) is 5.10 Å². The van der Waals surface area contributed by atoms with E-state index in [4.69, 9.17) is 0 Å². The number of nitrogens with one attached hydrogen (secondary N) is 1. The van der Waals surface area contributed by atoms with Crippen LogP contribution >= 0.6 is 0 Å². The summed E-state index contributed by atoms with van der Waals surface area (Å²) in [6.07, 6.45) is 2.28. The summed E-state index contributed by atoms with van der Waals surface area (Å²) in [5.74, 6) is 0. The first-order valence-electron chi connectivity index (χ1n) is 4.32. The molecule has 1 aliphatic rings. The van der Waals surface area contributed by atoms with Crippen molar-refractivity contribution < 1.29 is 0 Å². The topological polar surface area (TPSA) is 24.4 Å². The number of hydrogen-bond donors (Lipinski definition) is 1. The van der Waals surface area contributed by atoms with E-state index in [0.717, 1.165) is 13.0 Å². The van der Waals surface area contributed by atoms with Crippen LogP contribution in [0.2, 0.25) is 0 Å². The van der Waals surface area contributed by atoms with Gasteiger partial charge in [-0.15, -0.1) is 0 Å². The molecule has 0 spiro atoms. The Morgan fingerprint density at radius 1 is 1.17 bits per heavy atom. The fourth-order valence-electron chi connectivity index (χ4n) is 1.38. The molecule has 0 bridgehead atoms. The fourth-order valence-corrected chi connectivity index (χ4v) is 1.38. The van der Waals surface area contributed by atoms with Crippen molar-refractivity contribution in [1.29, 1.82) is 0 Å². The molecule has 0 radical (unpaired) electrons. The summed E-state index contributed by atoms with van der Waals surface area (Å²) in [7, 11) is 0.